The highest BCUT2D eigenvalue weighted by atomic mass is 16.5. The van der Waals surface area contributed by atoms with Gasteiger partial charge >= 0.3 is 0 Å². The summed E-state index contributed by atoms with van der Waals surface area (Å²) in [6, 6.07) is 6.28. The lowest BCUT2D eigenvalue weighted by Gasteiger charge is -2.18. The maximum atomic E-state index is 11.1. The SMILES string of the molecule is COc1cccc(CNC2CC2)c1OC(C)C(N)=O. The summed E-state index contributed by atoms with van der Waals surface area (Å²) >= 11 is 0. The van der Waals surface area contributed by atoms with Crippen LogP contribution in [0.25, 0.3) is 0 Å². The predicted molar refractivity (Wildman–Crippen MR) is 72.1 cm³/mol. The van der Waals surface area contributed by atoms with Crippen LogP contribution in [0.15, 0.2) is 18.2 Å². The van der Waals surface area contributed by atoms with Crippen molar-refractivity contribution in [2.24, 2.45) is 5.73 Å². The van der Waals surface area contributed by atoms with Crippen molar-refractivity contribution in [1.29, 1.82) is 0 Å². The molecule has 5 heteroatoms. The molecule has 19 heavy (non-hydrogen) atoms. The van der Waals surface area contributed by atoms with Crippen LogP contribution in [0.4, 0.5) is 0 Å². The molecule has 1 aromatic carbocycles. The van der Waals surface area contributed by atoms with Crippen molar-refractivity contribution in [1.82, 2.24) is 5.32 Å². The predicted octanol–water partition coefficient (Wildman–Crippen LogP) is 1.20. The van der Waals surface area contributed by atoms with E-state index >= 15 is 0 Å². The maximum Gasteiger partial charge on any atom is 0.258 e. The number of carbonyl (C=O) groups excluding carboxylic acids is 1. The molecule has 1 amide bonds. The van der Waals surface area contributed by atoms with Crippen LogP contribution >= 0.6 is 0 Å². The van der Waals surface area contributed by atoms with Gasteiger partial charge in [0.15, 0.2) is 17.6 Å². The second-order valence-electron chi connectivity index (χ2n) is 4.77. The Morgan fingerprint density at radius 2 is 2.26 bits per heavy atom. The Bertz CT molecular complexity index is 458. The highest BCUT2D eigenvalue weighted by Crippen LogP contribution is 2.32. The van der Waals surface area contributed by atoms with E-state index in [-0.39, 0.29) is 0 Å². The summed E-state index contributed by atoms with van der Waals surface area (Å²) in [5.74, 6) is 0.708. The smallest absolute Gasteiger partial charge is 0.258 e. The Balaban J connectivity index is 2.16. The molecule has 1 unspecified atom stereocenters. The molecule has 1 aliphatic carbocycles. The van der Waals surface area contributed by atoms with Crippen molar-refractivity contribution < 1.29 is 14.3 Å². The fourth-order valence-corrected chi connectivity index (χ4v) is 1.77. The summed E-state index contributed by atoms with van der Waals surface area (Å²) in [5.41, 5.74) is 6.21. The molecule has 1 fully saturated rings. The third-order valence-electron chi connectivity index (χ3n) is 3.13. The van der Waals surface area contributed by atoms with E-state index in [2.05, 4.69) is 5.32 Å². The number of hydrogen-bond donors (Lipinski definition) is 2. The third kappa shape index (κ3) is 3.61. The highest BCUT2D eigenvalue weighted by Gasteiger charge is 2.22. The molecule has 1 atom stereocenters. The van der Waals surface area contributed by atoms with Gasteiger partial charge in [0.25, 0.3) is 5.91 Å². The summed E-state index contributed by atoms with van der Waals surface area (Å²) in [5, 5.41) is 3.42. The number of nitrogens with two attached hydrogens (primary N) is 1. The third-order valence-corrected chi connectivity index (χ3v) is 3.13. The normalized spacial score (nSPS) is 15.9. The molecule has 0 heterocycles. The van der Waals surface area contributed by atoms with Crippen LogP contribution in [0.2, 0.25) is 0 Å². The highest BCUT2D eigenvalue weighted by molar-refractivity contribution is 5.78. The van der Waals surface area contributed by atoms with Crippen molar-refractivity contribution in [2.75, 3.05) is 7.11 Å². The minimum Gasteiger partial charge on any atom is -0.493 e. The number of rotatable bonds is 7. The first-order valence-electron chi connectivity index (χ1n) is 6.47. The van der Waals surface area contributed by atoms with Gasteiger partial charge in [-0.05, 0) is 25.8 Å². The summed E-state index contributed by atoms with van der Waals surface area (Å²) < 4.78 is 10.9. The molecule has 3 N–H and O–H groups in total. The van der Waals surface area contributed by atoms with Gasteiger partial charge in [-0.3, -0.25) is 4.79 Å². The Labute approximate surface area is 113 Å². The lowest BCUT2D eigenvalue weighted by atomic mass is 10.1. The summed E-state index contributed by atoms with van der Waals surface area (Å²) in [4.78, 5) is 11.1. The first-order chi connectivity index (χ1) is 9.11. The zero-order valence-electron chi connectivity index (χ0n) is 11.3. The number of amides is 1. The topological polar surface area (TPSA) is 73.6 Å². The van der Waals surface area contributed by atoms with Crippen LogP contribution < -0.4 is 20.5 Å². The van der Waals surface area contributed by atoms with Gasteiger partial charge in [0.2, 0.25) is 0 Å². The number of methoxy groups -OCH3 is 1. The van der Waals surface area contributed by atoms with Crippen molar-refractivity contribution in [3.05, 3.63) is 23.8 Å². The zero-order chi connectivity index (χ0) is 13.8. The molecule has 5 nitrogen and oxygen atoms in total. The van der Waals surface area contributed by atoms with Crippen LogP contribution in [0.5, 0.6) is 11.5 Å². The number of benzene rings is 1. The molecule has 0 aliphatic heterocycles. The van der Waals surface area contributed by atoms with Crippen LogP contribution in [0.3, 0.4) is 0 Å². The van der Waals surface area contributed by atoms with Gasteiger partial charge in [-0.15, -0.1) is 0 Å². The van der Waals surface area contributed by atoms with Crippen molar-refractivity contribution >= 4 is 5.91 Å². The molecule has 0 saturated heterocycles. The van der Waals surface area contributed by atoms with Gasteiger partial charge < -0.3 is 20.5 Å². The molecular formula is C14H20N2O3. The average Bonchev–Trinajstić information content (AvgIpc) is 3.21. The fraction of sp³-hybridized carbons (Fsp3) is 0.500. The minimum atomic E-state index is -0.684. The average molecular weight is 264 g/mol. The quantitative estimate of drug-likeness (QED) is 0.776. The largest absolute Gasteiger partial charge is 0.493 e. The molecule has 0 spiro atoms. The molecule has 0 bridgehead atoms. The Morgan fingerprint density at radius 3 is 2.84 bits per heavy atom. The summed E-state index contributed by atoms with van der Waals surface area (Å²) in [6.45, 7) is 2.33. The van der Waals surface area contributed by atoms with E-state index in [1.807, 2.05) is 18.2 Å². The zero-order valence-corrected chi connectivity index (χ0v) is 11.3. The number of nitrogens with one attached hydrogen (secondary N) is 1. The summed E-state index contributed by atoms with van der Waals surface area (Å²) in [6.07, 6.45) is 1.76. The molecule has 0 radical (unpaired) electrons. The van der Waals surface area contributed by atoms with Gasteiger partial charge in [0.05, 0.1) is 7.11 Å². The Hall–Kier alpha value is -1.75. The second kappa shape index (κ2) is 5.93. The first-order valence-corrected chi connectivity index (χ1v) is 6.47. The van der Waals surface area contributed by atoms with E-state index in [0.29, 0.717) is 24.1 Å². The minimum absolute atomic E-state index is 0.494. The van der Waals surface area contributed by atoms with Gasteiger partial charge in [0, 0.05) is 18.2 Å². The number of para-hydroxylation sites is 1. The Morgan fingerprint density at radius 1 is 1.53 bits per heavy atom. The Kier molecular flexibility index (Phi) is 4.27. The number of carbonyl (C=O) groups is 1. The van der Waals surface area contributed by atoms with Crippen molar-refractivity contribution in [3.8, 4) is 11.5 Å². The number of ether oxygens (including phenoxy) is 2. The van der Waals surface area contributed by atoms with Crippen LogP contribution in [0, 0.1) is 0 Å². The maximum absolute atomic E-state index is 11.1. The molecule has 1 saturated carbocycles. The van der Waals surface area contributed by atoms with E-state index in [0.717, 1.165) is 5.56 Å². The molecular weight excluding hydrogens is 244 g/mol. The van der Waals surface area contributed by atoms with E-state index in [4.69, 9.17) is 15.2 Å². The van der Waals surface area contributed by atoms with E-state index < -0.39 is 12.0 Å². The van der Waals surface area contributed by atoms with Crippen LogP contribution in [-0.2, 0) is 11.3 Å². The molecule has 2 rings (SSSR count). The molecule has 0 aromatic heterocycles. The number of hydrogen-bond acceptors (Lipinski definition) is 4. The van der Waals surface area contributed by atoms with Gasteiger partial charge in [0.1, 0.15) is 0 Å². The van der Waals surface area contributed by atoms with Gasteiger partial charge in [-0.25, -0.2) is 0 Å². The summed E-state index contributed by atoms with van der Waals surface area (Å²) in [7, 11) is 1.58. The van der Waals surface area contributed by atoms with Gasteiger partial charge in [-0.1, -0.05) is 12.1 Å². The molecule has 1 aromatic rings. The number of primary amides is 1. The fourth-order valence-electron chi connectivity index (χ4n) is 1.77. The standard InChI is InChI=1S/C14H20N2O3/c1-9(14(15)17)19-13-10(8-16-11-6-7-11)4-3-5-12(13)18-2/h3-5,9,11,16H,6-8H2,1-2H3,(H2,15,17). The second-order valence-corrected chi connectivity index (χ2v) is 4.77. The lowest BCUT2D eigenvalue weighted by Crippen LogP contribution is -2.31. The first kappa shape index (κ1) is 13.7. The van der Waals surface area contributed by atoms with Crippen LogP contribution in [-0.4, -0.2) is 25.2 Å². The lowest BCUT2D eigenvalue weighted by molar-refractivity contribution is -0.124. The van der Waals surface area contributed by atoms with E-state index in [1.54, 1.807) is 14.0 Å². The molecule has 104 valence electrons. The van der Waals surface area contributed by atoms with Crippen molar-refractivity contribution in [3.63, 3.8) is 0 Å². The monoisotopic (exact) mass is 264 g/mol. The van der Waals surface area contributed by atoms with Crippen molar-refractivity contribution in [2.45, 2.75) is 38.5 Å². The van der Waals surface area contributed by atoms with Gasteiger partial charge in [-0.2, -0.15) is 0 Å². The van der Waals surface area contributed by atoms with E-state index in [9.17, 15) is 4.79 Å². The van der Waals surface area contributed by atoms with E-state index in [1.165, 1.54) is 12.8 Å². The molecule has 1 aliphatic rings. The van der Waals surface area contributed by atoms with Crippen LogP contribution in [0.1, 0.15) is 25.3 Å².